The maximum Gasteiger partial charge on any atom is 0.347 e. The van der Waals surface area contributed by atoms with E-state index in [1.165, 1.54) is 0 Å². The van der Waals surface area contributed by atoms with Crippen LogP contribution in [0, 0.1) is 0 Å². The summed E-state index contributed by atoms with van der Waals surface area (Å²) in [6, 6.07) is 9.84. The second-order valence-electron chi connectivity index (χ2n) is 7.45. The molecule has 0 radical (unpaired) electrons. The molecule has 0 saturated heterocycles. The van der Waals surface area contributed by atoms with Gasteiger partial charge in [0.2, 0.25) is 5.91 Å². The fourth-order valence-corrected chi connectivity index (χ4v) is 5.13. The fraction of sp³-hybridized carbons (Fsp3) is 0.650. The Hall–Kier alpha value is -1.20. The molecule has 1 amide bonds. The van der Waals surface area contributed by atoms with Crippen molar-refractivity contribution in [3.63, 3.8) is 0 Å². The van der Waals surface area contributed by atoms with Crippen molar-refractivity contribution in [2.24, 2.45) is 0 Å². The van der Waals surface area contributed by atoms with Gasteiger partial charge in [-0.15, -0.1) is 0 Å². The average Bonchev–Trinajstić information content (AvgIpc) is 2.54. The summed E-state index contributed by atoms with van der Waals surface area (Å²) in [6.07, 6.45) is 0.549. The van der Waals surface area contributed by atoms with Gasteiger partial charge in [0.15, 0.2) is 0 Å². The van der Waals surface area contributed by atoms with E-state index in [0.29, 0.717) is 26.2 Å². The third kappa shape index (κ3) is 8.14. The second-order valence-corrected chi connectivity index (χ2v) is 9.65. The minimum absolute atomic E-state index is 0.114. The molecule has 0 aliphatic carbocycles. The molecule has 0 aromatic heterocycles. The summed E-state index contributed by atoms with van der Waals surface area (Å²) in [4.78, 5) is 14.5. The third-order valence-electron chi connectivity index (χ3n) is 3.86. The standard InChI is InChI=1S/C20H35N2O4P/c1-7-19(27(24,25-8-2)26-9-3)22(15-17-13-11-10-12-14-17)16-18(23)21-20(4,5)6/h10-14,19H,7-9,15-16H2,1-6H3,(H,21,23). The molecule has 6 nitrogen and oxygen atoms in total. The topological polar surface area (TPSA) is 67.9 Å². The molecule has 27 heavy (non-hydrogen) atoms. The summed E-state index contributed by atoms with van der Waals surface area (Å²) >= 11 is 0. The monoisotopic (exact) mass is 398 g/mol. The van der Waals surface area contributed by atoms with Crippen LogP contribution in [0.3, 0.4) is 0 Å². The first-order valence-corrected chi connectivity index (χ1v) is 11.2. The number of hydrogen-bond acceptors (Lipinski definition) is 5. The van der Waals surface area contributed by atoms with E-state index in [2.05, 4.69) is 5.32 Å². The number of carbonyl (C=O) groups is 1. The van der Waals surface area contributed by atoms with Crippen LogP contribution in [-0.4, -0.2) is 41.9 Å². The van der Waals surface area contributed by atoms with E-state index >= 15 is 0 Å². The minimum atomic E-state index is -3.38. The Bertz CT molecular complexity index is 606. The molecule has 0 fully saturated rings. The highest BCUT2D eigenvalue weighted by molar-refractivity contribution is 7.54. The first kappa shape index (κ1) is 23.8. The van der Waals surface area contributed by atoms with Crippen LogP contribution in [0.5, 0.6) is 0 Å². The van der Waals surface area contributed by atoms with Crippen molar-refractivity contribution in [2.75, 3.05) is 19.8 Å². The number of nitrogens with zero attached hydrogens (tertiary/aromatic N) is 1. The highest BCUT2D eigenvalue weighted by Crippen LogP contribution is 2.55. The van der Waals surface area contributed by atoms with E-state index in [1.807, 2.05) is 62.9 Å². The number of rotatable bonds is 11. The zero-order valence-electron chi connectivity index (χ0n) is 17.5. The molecule has 1 aromatic rings. The van der Waals surface area contributed by atoms with Crippen LogP contribution in [-0.2, 0) is 25.0 Å². The maximum absolute atomic E-state index is 13.4. The van der Waals surface area contributed by atoms with Crippen molar-refractivity contribution in [3.05, 3.63) is 35.9 Å². The molecule has 0 heterocycles. The van der Waals surface area contributed by atoms with Crippen molar-refractivity contribution in [3.8, 4) is 0 Å². The lowest BCUT2D eigenvalue weighted by molar-refractivity contribution is -0.124. The zero-order valence-corrected chi connectivity index (χ0v) is 18.4. The molecule has 0 aliphatic heterocycles. The molecule has 0 bridgehead atoms. The molecule has 1 unspecified atom stereocenters. The van der Waals surface area contributed by atoms with Gasteiger partial charge in [0.25, 0.3) is 0 Å². The number of amides is 1. The van der Waals surface area contributed by atoms with Crippen molar-refractivity contribution >= 4 is 13.5 Å². The van der Waals surface area contributed by atoms with E-state index in [1.54, 1.807) is 13.8 Å². The van der Waals surface area contributed by atoms with Crippen LogP contribution < -0.4 is 5.32 Å². The third-order valence-corrected chi connectivity index (χ3v) is 6.52. The van der Waals surface area contributed by atoms with Crippen molar-refractivity contribution in [1.29, 1.82) is 0 Å². The SMILES string of the molecule is CCOP(=O)(OCC)C(CC)N(CC(=O)NC(C)(C)C)Cc1ccccc1. The Kier molecular flexibility index (Phi) is 9.68. The fourth-order valence-electron chi connectivity index (χ4n) is 2.98. The summed E-state index contributed by atoms with van der Waals surface area (Å²) in [7, 11) is -3.38. The van der Waals surface area contributed by atoms with Crippen LogP contribution in [0.2, 0.25) is 0 Å². The Labute approximate surface area is 164 Å². The van der Waals surface area contributed by atoms with Gasteiger partial charge in [-0.05, 0) is 46.6 Å². The molecule has 1 aromatic carbocycles. The summed E-state index contributed by atoms with van der Waals surface area (Å²) in [5.74, 6) is -0.611. The van der Waals surface area contributed by atoms with Gasteiger partial charge in [-0.3, -0.25) is 14.3 Å². The molecule has 1 atom stereocenters. The first-order valence-electron chi connectivity index (χ1n) is 9.63. The molecular formula is C20H35N2O4P. The molecular weight excluding hydrogens is 363 g/mol. The van der Waals surface area contributed by atoms with Crippen LogP contribution in [0.4, 0.5) is 0 Å². The maximum atomic E-state index is 13.4. The average molecular weight is 398 g/mol. The predicted molar refractivity (Wildman–Crippen MR) is 110 cm³/mol. The van der Waals surface area contributed by atoms with E-state index in [9.17, 15) is 9.36 Å². The van der Waals surface area contributed by atoms with E-state index < -0.39 is 13.4 Å². The van der Waals surface area contributed by atoms with Crippen LogP contribution >= 0.6 is 7.60 Å². The van der Waals surface area contributed by atoms with Gasteiger partial charge in [0.1, 0.15) is 5.78 Å². The van der Waals surface area contributed by atoms with Gasteiger partial charge < -0.3 is 14.4 Å². The lowest BCUT2D eigenvalue weighted by Gasteiger charge is -2.35. The number of carbonyl (C=O) groups excluding carboxylic acids is 1. The van der Waals surface area contributed by atoms with Crippen molar-refractivity contribution in [1.82, 2.24) is 10.2 Å². The molecule has 1 N–H and O–H groups in total. The van der Waals surface area contributed by atoms with Crippen molar-refractivity contribution < 1.29 is 18.4 Å². The highest BCUT2D eigenvalue weighted by Gasteiger charge is 2.39. The Morgan fingerprint density at radius 1 is 1.11 bits per heavy atom. The molecule has 7 heteroatoms. The van der Waals surface area contributed by atoms with Gasteiger partial charge in [-0.2, -0.15) is 0 Å². The van der Waals surface area contributed by atoms with Gasteiger partial charge in [0, 0.05) is 12.1 Å². The lowest BCUT2D eigenvalue weighted by Crippen LogP contribution is -2.48. The number of nitrogens with one attached hydrogen (secondary N) is 1. The first-order chi connectivity index (χ1) is 12.6. The summed E-state index contributed by atoms with van der Waals surface area (Å²) < 4.78 is 24.6. The number of hydrogen-bond donors (Lipinski definition) is 1. The van der Waals surface area contributed by atoms with E-state index in [-0.39, 0.29) is 18.0 Å². The lowest BCUT2D eigenvalue weighted by atomic mass is 10.1. The normalized spacial score (nSPS) is 13.6. The molecule has 1 rings (SSSR count). The quantitative estimate of drug-likeness (QED) is 0.560. The molecule has 0 spiro atoms. The minimum Gasteiger partial charge on any atom is -0.350 e. The summed E-state index contributed by atoms with van der Waals surface area (Å²) in [6.45, 7) is 12.5. The van der Waals surface area contributed by atoms with Gasteiger partial charge >= 0.3 is 7.60 Å². The largest absolute Gasteiger partial charge is 0.350 e. The van der Waals surface area contributed by atoms with Gasteiger partial charge in [0.05, 0.1) is 19.8 Å². The van der Waals surface area contributed by atoms with Gasteiger partial charge in [-0.1, -0.05) is 37.3 Å². The smallest absolute Gasteiger partial charge is 0.347 e. The van der Waals surface area contributed by atoms with Crippen molar-refractivity contribution in [2.45, 2.75) is 65.8 Å². The van der Waals surface area contributed by atoms with Crippen LogP contribution in [0.1, 0.15) is 53.5 Å². The van der Waals surface area contributed by atoms with Gasteiger partial charge in [-0.25, -0.2) is 0 Å². The van der Waals surface area contributed by atoms with E-state index in [0.717, 1.165) is 5.56 Å². The zero-order chi connectivity index (χ0) is 20.5. The highest BCUT2D eigenvalue weighted by atomic mass is 31.2. The Morgan fingerprint density at radius 2 is 1.67 bits per heavy atom. The summed E-state index contributed by atoms with van der Waals surface area (Å²) in [5.41, 5.74) is 0.708. The predicted octanol–water partition coefficient (Wildman–Crippen LogP) is 4.41. The summed E-state index contributed by atoms with van der Waals surface area (Å²) in [5, 5.41) is 2.98. The molecule has 0 saturated carbocycles. The van der Waals surface area contributed by atoms with Crippen LogP contribution in [0.25, 0.3) is 0 Å². The molecule has 0 aliphatic rings. The Balaban J connectivity index is 3.15. The van der Waals surface area contributed by atoms with Crippen LogP contribution in [0.15, 0.2) is 30.3 Å². The Morgan fingerprint density at radius 3 is 2.11 bits per heavy atom. The second kappa shape index (κ2) is 11.0. The molecule has 154 valence electrons. The number of benzene rings is 1. The van der Waals surface area contributed by atoms with E-state index in [4.69, 9.17) is 9.05 Å².